The maximum Gasteiger partial charge on any atom is 0.229 e. The van der Waals surface area contributed by atoms with Crippen LogP contribution in [-0.2, 0) is 9.53 Å². The summed E-state index contributed by atoms with van der Waals surface area (Å²) in [7, 11) is 0. The van der Waals surface area contributed by atoms with Gasteiger partial charge in [-0.3, -0.25) is 9.69 Å². The third-order valence-corrected chi connectivity index (χ3v) is 3.57. The van der Waals surface area contributed by atoms with Crippen molar-refractivity contribution in [2.24, 2.45) is 5.92 Å². The number of nitrogens with zero attached hydrogens (tertiary/aromatic N) is 2. The minimum Gasteiger partial charge on any atom is -0.379 e. The van der Waals surface area contributed by atoms with Gasteiger partial charge in [-0.15, -0.1) is 0 Å². The first-order valence-corrected chi connectivity index (χ1v) is 7.35. The molecule has 0 bridgehead atoms. The molecule has 1 aliphatic heterocycles. The van der Waals surface area contributed by atoms with Crippen LogP contribution in [0.25, 0.3) is 0 Å². The fraction of sp³-hybridized carbons (Fsp3) is 0.562. The summed E-state index contributed by atoms with van der Waals surface area (Å²) in [6, 6.07) is 9.93. The molecule has 0 spiro atoms. The monoisotopic (exact) mass is 276 g/mol. The van der Waals surface area contributed by atoms with Crippen LogP contribution in [0.15, 0.2) is 30.3 Å². The number of hydrogen-bond acceptors (Lipinski definition) is 3. The minimum atomic E-state index is 0.0138. The van der Waals surface area contributed by atoms with Gasteiger partial charge in [-0.05, 0) is 12.1 Å². The van der Waals surface area contributed by atoms with Gasteiger partial charge in [0.25, 0.3) is 0 Å². The fourth-order valence-electron chi connectivity index (χ4n) is 2.35. The zero-order valence-corrected chi connectivity index (χ0v) is 12.4. The Morgan fingerprint density at radius 3 is 2.50 bits per heavy atom. The molecule has 1 aliphatic rings. The molecule has 2 rings (SSSR count). The van der Waals surface area contributed by atoms with E-state index in [1.54, 1.807) is 0 Å². The third-order valence-electron chi connectivity index (χ3n) is 3.57. The number of morpholine rings is 1. The predicted octanol–water partition coefficient (Wildman–Crippen LogP) is 2.01. The molecule has 4 nitrogen and oxygen atoms in total. The van der Waals surface area contributed by atoms with Crippen molar-refractivity contribution in [3.63, 3.8) is 0 Å². The molecule has 0 aromatic heterocycles. The second-order valence-corrected chi connectivity index (χ2v) is 5.43. The number of amides is 1. The Morgan fingerprint density at radius 1 is 1.25 bits per heavy atom. The normalized spacial score (nSPS) is 16.4. The van der Waals surface area contributed by atoms with Crippen LogP contribution in [0, 0.1) is 5.92 Å². The maximum atomic E-state index is 12.4. The summed E-state index contributed by atoms with van der Waals surface area (Å²) in [6.45, 7) is 9.04. The highest BCUT2D eigenvalue weighted by Crippen LogP contribution is 2.16. The summed E-state index contributed by atoms with van der Waals surface area (Å²) in [5.74, 6) is 0.198. The van der Waals surface area contributed by atoms with Crippen LogP contribution in [0.4, 0.5) is 5.69 Å². The molecule has 4 heteroatoms. The molecule has 0 saturated carbocycles. The predicted molar refractivity (Wildman–Crippen MR) is 80.9 cm³/mol. The lowest BCUT2D eigenvalue weighted by Crippen LogP contribution is -2.44. The highest BCUT2D eigenvalue weighted by Gasteiger charge is 2.20. The molecule has 1 aromatic carbocycles. The van der Waals surface area contributed by atoms with Gasteiger partial charge in [0, 0.05) is 37.8 Å². The molecule has 0 atom stereocenters. The van der Waals surface area contributed by atoms with Gasteiger partial charge in [-0.2, -0.15) is 0 Å². The molecular weight excluding hydrogens is 252 g/mol. The van der Waals surface area contributed by atoms with E-state index in [9.17, 15) is 4.79 Å². The highest BCUT2D eigenvalue weighted by molar-refractivity contribution is 5.94. The first-order valence-electron chi connectivity index (χ1n) is 7.35. The average Bonchev–Trinajstić information content (AvgIpc) is 2.49. The zero-order valence-electron chi connectivity index (χ0n) is 12.4. The zero-order chi connectivity index (χ0) is 14.4. The number of anilines is 1. The van der Waals surface area contributed by atoms with Crippen LogP contribution < -0.4 is 4.90 Å². The topological polar surface area (TPSA) is 32.8 Å². The highest BCUT2D eigenvalue weighted by atomic mass is 16.5. The quantitative estimate of drug-likeness (QED) is 0.824. The molecule has 0 N–H and O–H groups in total. The number of benzene rings is 1. The molecular formula is C16H24N2O2. The van der Waals surface area contributed by atoms with Crippen LogP contribution in [0.5, 0.6) is 0 Å². The average molecular weight is 276 g/mol. The van der Waals surface area contributed by atoms with E-state index < -0.39 is 0 Å². The van der Waals surface area contributed by atoms with Crippen molar-refractivity contribution in [2.75, 3.05) is 44.3 Å². The first-order chi connectivity index (χ1) is 9.68. The maximum absolute atomic E-state index is 12.4. The van der Waals surface area contributed by atoms with E-state index in [1.165, 1.54) is 0 Å². The van der Waals surface area contributed by atoms with Crippen molar-refractivity contribution in [3.05, 3.63) is 30.3 Å². The summed E-state index contributed by atoms with van der Waals surface area (Å²) >= 11 is 0. The Kier molecular flexibility index (Phi) is 5.56. The lowest BCUT2D eigenvalue weighted by Gasteiger charge is -2.31. The summed E-state index contributed by atoms with van der Waals surface area (Å²) in [5, 5.41) is 0. The summed E-state index contributed by atoms with van der Waals surface area (Å²) in [4.78, 5) is 16.7. The van der Waals surface area contributed by atoms with Crippen molar-refractivity contribution in [1.82, 2.24) is 4.90 Å². The number of carbonyl (C=O) groups excluding carboxylic acids is 1. The second-order valence-electron chi connectivity index (χ2n) is 5.43. The summed E-state index contributed by atoms with van der Waals surface area (Å²) in [6.07, 6.45) is 0. The van der Waals surface area contributed by atoms with Crippen molar-refractivity contribution in [3.8, 4) is 0 Å². The largest absolute Gasteiger partial charge is 0.379 e. The van der Waals surface area contributed by atoms with Crippen LogP contribution in [-0.4, -0.2) is 50.2 Å². The number of rotatable bonds is 5. The van der Waals surface area contributed by atoms with Gasteiger partial charge in [-0.1, -0.05) is 32.0 Å². The molecule has 0 radical (unpaired) electrons. The van der Waals surface area contributed by atoms with Crippen LogP contribution >= 0.6 is 0 Å². The lowest BCUT2D eigenvalue weighted by molar-refractivity contribution is -0.121. The van der Waals surface area contributed by atoms with E-state index in [2.05, 4.69) is 4.90 Å². The van der Waals surface area contributed by atoms with E-state index in [1.807, 2.05) is 49.1 Å². The van der Waals surface area contributed by atoms with Crippen LogP contribution in [0.1, 0.15) is 13.8 Å². The standard InChI is InChI=1S/C16H24N2O2/c1-14(2)16(19)18(15-6-4-3-5-7-15)9-8-17-10-12-20-13-11-17/h3-7,14H,8-13H2,1-2H3. The van der Waals surface area contributed by atoms with E-state index in [0.717, 1.165) is 45.1 Å². The molecule has 1 amide bonds. The van der Waals surface area contributed by atoms with E-state index in [4.69, 9.17) is 4.74 Å². The molecule has 0 aliphatic carbocycles. The van der Waals surface area contributed by atoms with Gasteiger partial charge < -0.3 is 9.64 Å². The van der Waals surface area contributed by atoms with Crippen molar-refractivity contribution in [2.45, 2.75) is 13.8 Å². The Labute approximate surface area is 121 Å². The van der Waals surface area contributed by atoms with E-state index >= 15 is 0 Å². The van der Waals surface area contributed by atoms with Crippen molar-refractivity contribution >= 4 is 11.6 Å². The van der Waals surface area contributed by atoms with Crippen molar-refractivity contribution in [1.29, 1.82) is 0 Å². The van der Waals surface area contributed by atoms with Crippen LogP contribution in [0.2, 0.25) is 0 Å². The fourth-order valence-corrected chi connectivity index (χ4v) is 2.35. The third kappa shape index (κ3) is 4.05. The van der Waals surface area contributed by atoms with Gasteiger partial charge in [0.05, 0.1) is 13.2 Å². The van der Waals surface area contributed by atoms with Gasteiger partial charge in [0.15, 0.2) is 0 Å². The SMILES string of the molecule is CC(C)C(=O)N(CCN1CCOCC1)c1ccccc1. The van der Waals surface area contributed by atoms with Gasteiger partial charge in [-0.25, -0.2) is 0 Å². The molecule has 20 heavy (non-hydrogen) atoms. The van der Waals surface area contributed by atoms with Gasteiger partial charge in [0.1, 0.15) is 0 Å². The Morgan fingerprint density at radius 2 is 1.90 bits per heavy atom. The summed E-state index contributed by atoms with van der Waals surface area (Å²) in [5.41, 5.74) is 0.986. The molecule has 1 heterocycles. The lowest BCUT2D eigenvalue weighted by atomic mass is 10.1. The smallest absolute Gasteiger partial charge is 0.229 e. The first kappa shape index (κ1) is 15.0. The van der Waals surface area contributed by atoms with Crippen molar-refractivity contribution < 1.29 is 9.53 Å². The molecule has 110 valence electrons. The molecule has 1 saturated heterocycles. The van der Waals surface area contributed by atoms with Crippen LogP contribution in [0.3, 0.4) is 0 Å². The summed E-state index contributed by atoms with van der Waals surface area (Å²) < 4.78 is 5.35. The van der Waals surface area contributed by atoms with E-state index in [-0.39, 0.29) is 11.8 Å². The Hall–Kier alpha value is -1.39. The number of hydrogen-bond donors (Lipinski definition) is 0. The van der Waals surface area contributed by atoms with Gasteiger partial charge >= 0.3 is 0 Å². The van der Waals surface area contributed by atoms with Gasteiger partial charge in [0.2, 0.25) is 5.91 Å². The van der Waals surface area contributed by atoms with E-state index in [0.29, 0.717) is 0 Å². The Bertz CT molecular complexity index is 414. The number of ether oxygens (including phenoxy) is 1. The second kappa shape index (κ2) is 7.41. The molecule has 1 fully saturated rings. The number of para-hydroxylation sites is 1. The molecule has 0 unspecified atom stereocenters. The number of carbonyl (C=O) groups is 1. The molecule has 1 aromatic rings. The Balaban J connectivity index is 2.01. The minimum absolute atomic E-state index is 0.0138.